The minimum Gasteiger partial charge on any atom is -0.378 e. The summed E-state index contributed by atoms with van der Waals surface area (Å²) in [7, 11) is -5.41. The van der Waals surface area contributed by atoms with E-state index < -0.39 is 20.2 Å². The molecule has 9 heteroatoms. The highest BCUT2D eigenvalue weighted by atomic mass is 32.2. The zero-order valence-electron chi connectivity index (χ0n) is 10.5. The SMILES string of the molecule is O=S(=O)(c1ccccc1NCc1ccncn1)C(F)(F)F. The minimum atomic E-state index is -5.41. The Labute approximate surface area is 118 Å². The largest absolute Gasteiger partial charge is 0.501 e. The van der Waals surface area contributed by atoms with Gasteiger partial charge in [0.1, 0.15) is 6.33 Å². The molecule has 0 saturated carbocycles. The summed E-state index contributed by atoms with van der Waals surface area (Å²) < 4.78 is 60.9. The summed E-state index contributed by atoms with van der Waals surface area (Å²) in [4.78, 5) is 6.78. The predicted octanol–water partition coefficient (Wildman–Crippen LogP) is 2.38. The van der Waals surface area contributed by atoms with E-state index in [9.17, 15) is 21.6 Å². The van der Waals surface area contributed by atoms with Gasteiger partial charge in [0.05, 0.1) is 22.8 Å². The minimum absolute atomic E-state index is 0.0763. The van der Waals surface area contributed by atoms with Crippen LogP contribution in [0.15, 0.2) is 47.8 Å². The van der Waals surface area contributed by atoms with Gasteiger partial charge in [0, 0.05) is 6.20 Å². The number of aromatic nitrogens is 2. The second kappa shape index (κ2) is 5.68. The Balaban J connectivity index is 2.30. The van der Waals surface area contributed by atoms with E-state index in [2.05, 4.69) is 15.3 Å². The van der Waals surface area contributed by atoms with Crippen molar-refractivity contribution < 1.29 is 21.6 Å². The van der Waals surface area contributed by atoms with Crippen LogP contribution in [0.3, 0.4) is 0 Å². The fraction of sp³-hybridized carbons (Fsp3) is 0.167. The van der Waals surface area contributed by atoms with Crippen molar-refractivity contribution in [3.63, 3.8) is 0 Å². The van der Waals surface area contributed by atoms with Crippen LogP contribution in [0.5, 0.6) is 0 Å². The Kier molecular flexibility index (Phi) is 4.12. The van der Waals surface area contributed by atoms with E-state index in [1.165, 1.54) is 30.7 Å². The fourth-order valence-corrected chi connectivity index (χ4v) is 2.52. The van der Waals surface area contributed by atoms with Crippen LogP contribution in [0.4, 0.5) is 18.9 Å². The maximum atomic E-state index is 12.6. The van der Waals surface area contributed by atoms with Crippen LogP contribution in [-0.2, 0) is 16.4 Å². The van der Waals surface area contributed by atoms with Gasteiger partial charge in [-0.15, -0.1) is 0 Å². The van der Waals surface area contributed by atoms with Gasteiger partial charge >= 0.3 is 5.51 Å². The lowest BCUT2D eigenvalue weighted by molar-refractivity contribution is -0.0435. The number of anilines is 1. The first-order valence-corrected chi connectivity index (χ1v) is 7.20. The van der Waals surface area contributed by atoms with Crippen LogP contribution in [0.2, 0.25) is 0 Å². The summed E-state index contributed by atoms with van der Waals surface area (Å²) in [6, 6.07) is 6.41. The van der Waals surface area contributed by atoms with Crippen LogP contribution >= 0.6 is 0 Å². The molecule has 1 heterocycles. The molecule has 1 N–H and O–H groups in total. The first-order valence-electron chi connectivity index (χ1n) is 5.71. The van der Waals surface area contributed by atoms with Crippen molar-refractivity contribution in [2.45, 2.75) is 16.9 Å². The average Bonchev–Trinajstić information content (AvgIpc) is 2.45. The van der Waals surface area contributed by atoms with Gasteiger partial charge < -0.3 is 5.32 Å². The first kappa shape index (κ1) is 15.2. The summed E-state index contributed by atoms with van der Waals surface area (Å²) in [5, 5.41) is 2.64. The van der Waals surface area contributed by atoms with E-state index in [0.717, 1.165) is 6.07 Å². The van der Waals surface area contributed by atoms with Gasteiger partial charge in [-0.2, -0.15) is 13.2 Å². The van der Waals surface area contributed by atoms with E-state index in [-0.39, 0.29) is 12.2 Å². The Morgan fingerprint density at radius 3 is 2.48 bits per heavy atom. The van der Waals surface area contributed by atoms with Gasteiger partial charge in [-0.25, -0.2) is 18.4 Å². The number of rotatable bonds is 4. The van der Waals surface area contributed by atoms with E-state index in [0.29, 0.717) is 5.69 Å². The number of para-hydroxylation sites is 1. The second-order valence-corrected chi connectivity index (χ2v) is 5.91. The van der Waals surface area contributed by atoms with Crippen LogP contribution in [0.1, 0.15) is 5.69 Å². The highest BCUT2D eigenvalue weighted by Gasteiger charge is 2.47. The van der Waals surface area contributed by atoms with Crippen LogP contribution < -0.4 is 5.32 Å². The topological polar surface area (TPSA) is 72.0 Å². The van der Waals surface area contributed by atoms with Crippen molar-refractivity contribution in [3.8, 4) is 0 Å². The number of hydrogen-bond donors (Lipinski definition) is 1. The zero-order valence-corrected chi connectivity index (χ0v) is 11.3. The predicted molar refractivity (Wildman–Crippen MR) is 69.0 cm³/mol. The summed E-state index contributed by atoms with van der Waals surface area (Å²) in [5.41, 5.74) is -4.96. The van der Waals surface area contributed by atoms with Gasteiger partial charge in [0.2, 0.25) is 0 Å². The average molecular weight is 317 g/mol. The quantitative estimate of drug-likeness (QED) is 0.937. The lowest BCUT2D eigenvalue weighted by atomic mass is 10.3. The van der Waals surface area contributed by atoms with Gasteiger partial charge in [-0.1, -0.05) is 12.1 Å². The maximum Gasteiger partial charge on any atom is 0.501 e. The molecule has 0 amide bonds. The van der Waals surface area contributed by atoms with Crippen molar-refractivity contribution in [1.29, 1.82) is 0 Å². The van der Waals surface area contributed by atoms with E-state index >= 15 is 0 Å². The molecule has 0 aliphatic carbocycles. The van der Waals surface area contributed by atoms with Crippen molar-refractivity contribution in [1.82, 2.24) is 9.97 Å². The van der Waals surface area contributed by atoms with Crippen LogP contribution in [0, 0.1) is 0 Å². The Morgan fingerprint density at radius 1 is 1.14 bits per heavy atom. The highest BCUT2D eigenvalue weighted by molar-refractivity contribution is 7.92. The number of halogens is 3. The molecule has 0 bridgehead atoms. The maximum absolute atomic E-state index is 12.6. The van der Waals surface area contributed by atoms with E-state index in [1.807, 2.05) is 0 Å². The van der Waals surface area contributed by atoms with Crippen molar-refractivity contribution in [2.24, 2.45) is 0 Å². The molecule has 2 aromatic rings. The first-order chi connectivity index (χ1) is 9.82. The molecule has 0 aliphatic heterocycles. The molecule has 0 fully saturated rings. The summed E-state index contributed by atoms with van der Waals surface area (Å²) in [5.74, 6) is 0. The van der Waals surface area contributed by atoms with Gasteiger partial charge in [0.15, 0.2) is 0 Å². The number of hydrogen-bond acceptors (Lipinski definition) is 5. The third kappa shape index (κ3) is 3.30. The summed E-state index contributed by atoms with van der Waals surface area (Å²) in [6.07, 6.45) is 2.76. The lowest BCUT2D eigenvalue weighted by Crippen LogP contribution is -2.24. The molecular weight excluding hydrogens is 307 g/mol. The third-order valence-electron chi connectivity index (χ3n) is 2.58. The van der Waals surface area contributed by atoms with Gasteiger partial charge in [-0.05, 0) is 18.2 Å². The van der Waals surface area contributed by atoms with E-state index in [1.54, 1.807) is 6.07 Å². The lowest BCUT2D eigenvalue weighted by Gasteiger charge is -2.13. The molecule has 2 rings (SSSR count). The Bertz CT molecular complexity index is 718. The van der Waals surface area contributed by atoms with Crippen molar-refractivity contribution in [2.75, 3.05) is 5.32 Å². The molecule has 1 aromatic carbocycles. The number of benzene rings is 1. The Hall–Kier alpha value is -2.16. The standard InChI is InChI=1S/C12H10F3N3O2S/c13-12(14,15)21(19,20)11-4-2-1-3-10(11)17-7-9-5-6-16-8-18-9/h1-6,8,17H,7H2. The molecule has 5 nitrogen and oxygen atoms in total. The highest BCUT2D eigenvalue weighted by Crippen LogP contribution is 2.34. The molecule has 0 atom stereocenters. The monoisotopic (exact) mass is 317 g/mol. The van der Waals surface area contributed by atoms with Crippen molar-refractivity contribution >= 4 is 15.5 Å². The van der Waals surface area contributed by atoms with Crippen LogP contribution in [0.25, 0.3) is 0 Å². The van der Waals surface area contributed by atoms with E-state index in [4.69, 9.17) is 0 Å². The fourth-order valence-electron chi connectivity index (χ4n) is 1.58. The second-order valence-electron chi connectivity index (χ2n) is 4.00. The molecule has 0 saturated heterocycles. The zero-order chi connectivity index (χ0) is 15.5. The number of sulfone groups is 1. The third-order valence-corrected chi connectivity index (χ3v) is 4.13. The number of nitrogens with zero attached hydrogens (tertiary/aromatic N) is 2. The molecular formula is C12H10F3N3O2S. The molecule has 0 aliphatic rings. The molecule has 0 spiro atoms. The van der Waals surface area contributed by atoms with Gasteiger partial charge in [0.25, 0.3) is 9.84 Å². The number of nitrogens with one attached hydrogen (secondary N) is 1. The molecule has 112 valence electrons. The van der Waals surface area contributed by atoms with Gasteiger partial charge in [-0.3, -0.25) is 0 Å². The smallest absolute Gasteiger partial charge is 0.378 e. The summed E-state index contributed by atoms with van der Waals surface area (Å²) in [6.45, 7) is 0.0763. The summed E-state index contributed by atoms with van der Waals surface area (Å²) >= 11 is 0. The molecule has 0 unspecified atom stereocenters. The normalized spacial score (nSPS) is 12.1. The Morgan fingerprint density at radius 2 is 1.86 bits per heavy atom. The molecule has 21 heavy (non-hydrogen) atoms. The van der Waals surface area contributed by atoms with Crippen LogP contribution in [-0.4, -0.2) is 23.9 Å². The molecule has 1 aromatic heterocycles. The van der Waals surface area contributed by atoms with Crippen molar-refractivity contribution in [3.05, 3.63) is 48.5 Å². The number of alkyl halides is 3. The molecule has 0 radical (unpaired) electrons.